The number of para-hydroxylation sites is 2. The quantitative estimate of drug-likeness (QED) is 0.589. The minimum Gasteiger partial charge on any atom is -0.433 e. The molecule has 2 heterocycles. The molecule has 1 N–H and O–H groups in total. The molecule has 0 saturated carbocycles. The molecule has 1 atom stereocenters. The summed E-state index contributed by atoms with van der Waals surface area (Å²) in [5.41, 5.74) is 0.125. The summed E-state index contributed by atoms with van der Waals surface area (Å²) in [6.07, 6.45) is 1.25. The Hall–Kier alpha value is -2.28. The van der Waals surface area contributed by atoms with E-state index in [1.165, 1.54) is 40.8 Å². The summed E-state index contributed by atoms with van der Waals surface area (Å²) in [5.74, 6) is -0.582. The van der Waals surface area contributed by atoms with E-state index in [0.29, 0.717) is 18.2 Å². The van der Waals surface area contributed by atoms with Crippen molar-refractivity contribution in [2.45, 2.75) is 28.7 Å². The second-order valence-electron chi connectivity index (χ2n) is 6.47. The van der Waals surface area contributed by atoms with Crippen molar-refractivity contribution in [2.75, 3.05) is 31.6 Å². The molecule has 1 aliphatic rings. The second kappa shape index (κ2) is 10.4. The third-order valence-corrected chi connectivity index (χ3v) is 7.28. The minimum atomic E-state index is -3.65. The molecule has 12 heteroatoms. The highest BCUT2D eigenvalue weighted by molar-refractivity contribution is 8.00. The molecule has 8 nitrogen and oxygen atoms in total. The Morgan fingerprint density at radius 3 is 2.58 bits per heavy atom. The van der Waals surface area contributed by atoms with Crippen LogP contribution in [0.25, 0.3) is 0 Å². The van der Waals surface area contributed by atoms with E-state index in [9.17, 15) is 22.0 Å². The van der Waals surface area contributed by atoms with E-state index in [4.69, 9.17) is 4.74 Å². The molecule has 31 heavy (non-hydrogen) atoms. The predicted octanol–water partition coefficient (Wildman–Crippen LogP) is 2.82. The Morgan fingerprint density at radius 1 is 1.23 bits per heavy atom. The molecule has 3 rings (SSSR count). The molecule has 1 fully saturated rings. The van der Waals surface area contributed by atoms with Crippen molar-refractivity contribution in [2.24, 2.45) is 0 Å². The number of benzene rings is 1. The molecule has 0 bridgehead atoms. The van der Waals surface area contributed by atoms with Crippen molar-refractivity contribution < 1.29 is 31.5 Å². The average Bonchev–Trinajstić information content (AvgIpc) is 2.75. The van der Waals surface area contributed by atoms with Gasteiger partial charge >= 0.3 is 6.61 Å². The molecule has 1 aromatic heterocycles. The molecule has 1 aliphatic heterocycles. The van der Waals surface area contributed by atoms with E-state index in [0.717, 1.165) is 11.8 Å². The molecule has 0 spiro atoms. The fourth-order valence-corrected chi connectivity index (χ4v) is 4.90. The molecule has 1 saturated heterocycles. The number of nitrogens with zero attached hydrogens (tertiary/aromatic N) is 2. The van der Waals surface area contributed by atoms with Gasteiger partial charge in [0.25, 0.3) is 0 Å². The lowest BCUT2D eigenvalue weighted by atomic mass is 10.3. The molecular formula is C19H21F2N3O5S2. The molecule has 0 radical (unpaired) electrons. The smallest absolute Gasteiger partial charge is 0.387 e. The minimum absolute atomic E-state index is 0.0638. The fourth-order valence-electron chi connectivity index (χ4n) is 2.76. The van der Waals surface area contributed by atoms with Gasteiger partial charge in [0.15, 0.2) is 0 Å². The number of anilines is 1. The van der Waals surface area contributed by atoms with Crippen LogP contribution in [0.2, 0.25) is 0 Å². The van der Waals surface area contributed by atoms with Gasteiger partial charge in [-0.25, -0.2) is 13.4 Å². The number of carbonyl (C=O) groups is 1. The Bertz CT molecular complexity index is 1000. The lowest BCUT2D eigenvalue weighted by Gasteiger charge is -2.25. The zero-order valence-corrected chi connectivity index (χ0v) is 18.2. The number of sulfonamides is 1. The van der Waals surface area contributed by atoms with Gasteiger partial charge in [0, 0.05) is 19.3 Å². The Balaban J connectivity index is 1.63. The number of morpholine rings is 1. The maximum atomic E-state index is 12.6. The highest BCUT2D eigenvalue weighted by atomic mass is 32.2. The van der Waals surface area contributed by atoms with Gasteiger partial charge in [-0.05, 0) is 31.2 Å². The first-order chi connectivity index (χ1) is 14.8. The number of carbonyl (C=O) groups excluding carboxylic acids is 1. The van der Waals surface area contributed by atoms with Crippen LogP contribution in [0.3, 0.4) is 0 Å². The van der Waals surface area contributed by atoms with Gasteiger partial charge in [-0.15, -0.1) is 0 Å². The van der Waals surface area contributed by atoms with Crippen LogP contribution >= 0.6 is 11.8 Å². The molecule has 0 aliphatic carbocycles. The normalized spacial score (nSPS) is 16.1. The van der Waals surface area contributed by atoms with Gasteiger partial charge in [-0.1, -0.05) is 23.9 Å². The van der Waals surface area contributed by atoms with Crippen LogP contribution in [-0.2, 0) is 19.6 Å². The number of pyridine rings is 1. The van der Waals surface area contributed by atoms with Crippen LogP contribution in [0.1, 0.15) is 6.92 Å². The lowest BCUT2D eigenvalue weighted by Crippen LogP contribution is -2.40. The van der Waals surface area contributed by atoms with Crippen molar-refractivity contribution in [3.8, 4) is 5.75 Å². The number of hydrogen-bond acceptors (Lipinski definition) is 7. The highest BCUT2D eigenvalue weighted by Gasteiger charge is 2.27. The average molecular weight is 474 g/mol. The third-order valence-electron chi connectivity index (χ3n) is 4.34. The largest absolute Gasteiger partial charge is 0.433 e. The van der Waals surface area contributed by atoms with Crippen molar-refractivity contribution in [1.29, 1.82) is 0 Å². The second-order valence-corrected chi connectivity index (χ2v) is 9.77. The van der Waals surface area contributed by atoms with Gasteiger partial charge in [0.1, 0.15) is 10.6 Å². The van der Waals surface area contributed by atoms with Crippen molar-refractivity contribution in [3.63, 3.8) is 0 Å². The fraction of sp³-hybridized carbons (Fsp3) is 0.368. The number of ether oxygens (including phenoxy) is 2. The zero-order chi connectivity index (χ0) is 22.4. The Kier molecular flexibility index (Phi) is 7.81. The summed E-state index contributed by atoms with van der Waals surface area (Å²) in [6.45, 7) is -0.130. The summed E-state index contributed by atoms with van der Waals surface area (Å²) in [4.78, 5) is 16.7. The summed E-state index contributed by atoms with van der Waals surface area (Å²) < 4.78 is 61.2. The summed E-state index contributed by atoms with van der Waals surface area (Å²) in [5, 5.41) is 2.37. The first-order valence-electron chi connectivity index (χ1n) is 9.32. The van der Waals surface area contributed by atoms with Gasteiger partial charge in [0.2, 0.25) is 15.9 Å². The summed E-state index contributed by atoms with van der Waals surface area (Å²) in [7, 11) is -3.65. The molecule has 168 valence electrons. The zero-order valence-electron chi connectivity index (χ0n) is 16.5. The Labute approximate surface area is 183 Å². The molecule has 1 aromatic carbocycles. The van der Waals surface area contributed by atoms with Crippen molar-refractivity contribution in [1.82, 2.24) is 9.29 Å². The SMILES string of the molecule is CC(Sc1ccc(S(=O)(=O)N2CCOCC2)cn1)C(=O)Nc1ccccc1OC(F)F. The van der Waals surface area contributed by atoms with E-state index in [-0.39, 0.29) is 29.4 Å². The van der Waals surface area contributed by atoms with Crippen LogP contribution in [0, 0.1) is 0 Å². The number of alkyl halides is 2. The molecule has 2 aromatic rings. The number of aromatic nitrogens is 1. The number of thioether (sulfide) groups is 1. The van der Waals surface area contributed by atoms with Crippen LogP contribution in [0.5, 0.6) is 5.75 Å². The molecular weight excluding hydrogens is 452 g/mol. The van der Waals surface area contributed by atoms with E-state index in [2.05, 4.69) is 15.0 Å². The van der Waals surface area contributed by atoms with Gasteiger partial charge < -0.3 is 14.8 Å². The van der Waals surface area contributed by atoms with Crippen LogP contribution in [0.15, 0.2) is 52.5 Å². The van der Waals surface area contributed by atoms with Gasteiger partial charge in [0.05, 0.1) is 29.2 Å². The van der Waals surface area contributed by atoms with E-state index < -0.39 is 27.8 Å². The first-order valence-corrected chi connectivity index (χ1v) is 11.6. The Morgan fingerprint density at radius 2 is 1.94 bits per heavy atom. The summed E-state index contributed by atoms with van der Waals surface area (Å²) >= 11 is 1.11. The topological polar surface area (TPSA) is 97.8 Å². The maximum Gasteiger partial charge on any atom is 0.387 e. The lowest BCUT2D eigenvalue weighted by molar-refractivity contribution is -0.115. The van der Waals surface area contributed by atoms with Gasteiger partial charge in [-0.3, -0.25) is 4.79 Å². The number of nitrogens with one attached hydrogen (secondary N) is 1. The first kappa shape index (κ1) is 23.4. The standard InChI is InChI=1S/C19H21F2N3O5S2/c1-13(18(25)23-15-4-2-3-5-16(15)29-19(20)21)30-17-7-6-14(12-22-17)31(26,27)24-8-10-28-11-9-24/h2-7,12-13,19H,8-11H2,1H3,(H,23,25). The highest BCUT2D eigenvalue weighted by Crippen LogP contribution is 2.28. The van der Waals surface area contributed by atoms with E-state index >= 15 is 0 Å². The van der Waals surface area contributed by atoms with E-state index in [1.54, 1.807) is 13.0 Å². The van der Waals surface area contributed by atoms with Crippen molar-refractivity contribution >= 4 is 33.4 Å². The van der Waals surface area contributed by atoms with Crippen LogP contribution in [-0.4, -0.2) is 61.8 Å². The third kappa shape index (κ3) is 6.12. The number of hydrogen-bond donors (Lipinski definition) is 1. The monoisotopic (exact) mass is 473 g/mol. The number of rotatable bonds is 8. The maximum absolute atomic E-state index is 12.6. The van der Waals surface area contributed by atoms with Crippen LogP contribution in [0.4, 0.5) is 14.5 Å². The predicted molar refractivity (Wildman–Crippen MR) is 111 cm³/mol. The molecule has 1 unspecified atom stereocenters. The van der Waals surface area contributed by atoms with Crippen molar-refractivity contribution in [3.05, 3.63) is 42.6 Å². The van der Waals surface area contributed by atoms with Gasteiger partial charge in [-0.2, -0.15) is 13.1 Å². The number of halogens is 2. The summed E-state index contributed by atoms with van der Waals surface area (Å²) in [6, 6.07) is 8.85. The molecule has 1 amide bonds. The van der Waals surface area contributed by atoms with Crippen LogP contribution < -0.4 is 10.1 Å². The van der Waals surface area contributed by atoms with E-state index in [1.807, 2.05) is 0 Å². The number of amides is 1.